The largest absolute Gasteiger partial charge is 0.449 e. The van der Waals surface area contributed by atoms with Crippen molar-refractivity contribution in [3.8, 4) is 0 Å². The topological polar surface area (TPSA) is 122 Å². The Labute approximate surface area is 161 Å². The van der Waals surface area contributed by atoms with Crippen LogP contribution in [-0.2, 0) is 19.6 Å². The van der Waals surface area contributed by atoms with E-state index in [1.807, 2.05) is 0 Å². The molecule has 1 aliphatic heterocycles. The number of imide groups is 1. The van der Waals surface area contributed by atoms with Crippen molar-refractivity contribution in [3.63, 3.8) is 0 Å². The number of sulfonamides is 1. The Bertz CT molecular complexity index is 886. The molecule has 27 heavy (non-hydrogen) atoms. The van der Waals surface area contributed by atoms with E-state index < -0.39 is 34.0 Å². The average molecular weight is 416 g/mol. The fourth-order valence-corrected chi connectivity index (χ4v) is 3.78. The summed E-state index contributed by atoms with van der Waals surface area (Å²) >= 11 is 5.92. The molecule has 1 fully saturated rings. The number of carbonyl (C=O) groups is 3. The monoisotopic (exact) mass is 415 g/mol. The fourth-order valence-electron chi connectivity index (χ4n) is 2.26. The van der Waals surface area contributed by atoms with Crippen molar-refractivity contribution < 1.29 is 27.5 Å². The molecule has 9 nitrogen and oxygen atoms in total. The zero-order valence-corrected chi connectivity index (χ0v) is 16.0. The van der Waals surface area contributed by atoms with E-state index >= 15 is 0 Å². The standard InChI is InChI=1S/C16H18ClN3O6S/c1-3-6-19-27(24,25)13-9-11(4-5-12(13)17)15(22)26-10(2)14(21)20-8-7-18-16(20)23/h3-5,9-10,19H,1,6-8H2,2H3,(H,18,23)/t10-/m0/s1. The molecule has 11 heteroatoms. The number of urea groups is 1. The Morgan fingerprint density at radius 2 is 2.19 bits per heavy atom. The van der Waals surface area contributed by atoms with Gasteiger partial charge in [0.2, 0.25) is 10.0 Å². The molecule has 0 spiro atoms. The van der Waals surface area contributed by atoms with Gasteiger partial charge in [0.15, 0.2) is 6.10 Å². The maximum Gasteiger partial charge on any atom is 0.338 e. The highest BCUT2D eigenvalue weighted by atomic mass is 35.5. The number of carbonyl (C=O) groups excluding carboxylic acids is 3. The van der Waals surface area contributed by atoms with Crippen LogP contribution < -0.4 is 10.0 Å². The zero-order chi connectivity index (χ0) is 20.2. The smallest absolute Gasteiger partial charge is 0.338 e. The van der Waals surface area contributed by atoms with Crippen molar-refractivity contribution in [3.05, 3.63) is 41.4 Å². The number of esters is 1. The predicted molar refractivity (Wildman–Crippen MR) is 96.8 cm³/mol. The highest BCUT2D eigenvalue weighted by Gasteiger charge is 2.32. The van der Waals surface area contributed by atoms with Gasteiger partial charge >= 0.3 is 12.0 Å². The van der Waals surface area contributed by atoms with Gasteiger partial charge in [0.25, 0.3) is 5.91 Å². The molecule has 0 unspecified atom stereocenters. The Balaban J connectivity index is 2.17. The van der Waals surface area contributed by atoms with Gasteiger partial charge in [0, 0.05) is 19.6 Å². The third-order valence-electron chi connectivity index (χ3n) is 3.63. The summed E-state index contributed by atoms with van der Waals surface area (Å²) in [6, 6.07) is 3.00. The molecule has 1 aromatic rings. The molecule has 0 aromatic heterocycles. The van der Waals surface area contributed by atoms with Gasteiger partial charge < -0.3 is 10.1 Å². The minimum Gasteiger partial charge on any atom is -0.449 e. The van der Waals surface area contributed by atoms with Gasteiger partial charge in [0.1, 0.15) is 4.90 Å². The summed E-state index contributed by atoms with van der Waals surface area (Å²) in [5.41, 5.74) is -0.107. The molecular weight excluding hydrogens is 398 g/mol. The summed E-state index contributed by atoms with van der Waals surface area (Å²) in [7, 11) is -3.96. The molecular formula is C16H18ClN3O6S. The second-order valence-electron chi connectivity index (χ2n) is 5.56. The first-order valence-electron chi connectivity index (χ1n) is 7.87. The molecule has 1 aliphatic rings. The molecule has 1 saturated heterocycles. The van der Waals surface area contributed by atoms with Crippen molar-refractivity contribution in [1.82, 2.24) is 14.9 Å². The lowest BCUT2D eigenvalue weighted by atomic mass is 10.2. The average Bonchev–Trinajstić information content (AvgIpc) is 3.05. The van der Waals surface area contributed by atoms with Gasteiger partial charge in [-0.25, -0.2) is 22.7 Å². The molecule has 0 aliphatic carbocycles. The number of rotatable bonds is 7. The van der Waals surface area contributed by atoms with Gasteiger partial charge in [-0.05, 0) is 25.1 Å². The van der Waals surface area contributed by atoms with Gasteiger partial charge in [-0.1, -0.05) is 17.7 Å². The number of halogens is 1. The van der Waals surface area contributed by atoms with Crippen LogP contribution in [0.15, 0.2) is 35.7 Å². The lowest BCUT2D eigenvalue weighted by molar-refractivity contribution is -0.136. The van der Waals surface area contributed by atoms with E-state index in [0.717, 1.165) is 11.0 Å². The molecule has 1 heterocycles. The van der Waals surface area contributed by atoms with Crippen molar-refractivity contribution >= 4 is 39.5 Å². The molecule has 0 radical (unpaired) electrons. The van der Waals surface area contributed by atoms with Crippen LogP contribution in [0.25, 0.3) is 0 Å². The molecule has 1 aromatic carbocycles. The molecule has 3 amide bonds. The van der Waals surface area contributed by atoms with Crippen LogP contribution in [0, 0.1) is 0 Å². The normalized spacial score (nSPS) is 15.2. The molecule has 2 rings (SSSR count). The SMILES string of the molecule is C=CCNS(=O)(=O)c1cc(C(=O)O[C@@H](C)C(=O)N2CCNC2=O)ccc1Cl. The van der Waals surface area contributed by atoms with Crippen molar-refractivity contribution in [2.24, 2.45) is 0 Å². The second-order valence-corrected chi connectivity index (χ2v) is 7.70. The third-order valence-corrected chi connectivity index (χ3v) is 5.53. The first kappa shape index (κ1) is 20.9. The van der Waals surface area contributed by atoms with E-state index in [2.05, 4.69) is 16.6 Å². The third kappa shape index (κ3) is 4.85. The van der Waals surface area contributed by atoms with Crippen LogP contribution in [-0.4, -0.2) is 57.0 Å². The minimum atomic E-state index is -3.96. The Kier molecular flexibility index (Phi) is 6.58. The van der Waals surface area contributed by atoms with Crippen LogP contribution in [0.1, 0.15) is 17.3 Å². The number of hydrogen-bond donors (Lipinski definition) is 2. The number of nitrogens with one attached hydrogen (secondary N) is 2. The van der Waals surface area contributed by atoms with Gasteiger partial charge in [-0.15, -0.1) is 6.58 Å². The number of hydrogen-bond acceptors (Lipinski definition) is 6. The lowest BCUT2D eigenvalue weighted by Gasteiger charge is -2.18. The second kappa shape index (κ2) is 8.51. The molecule has 1 atom stereocenters. The van der Waals surface area contributed by atoms with E-state index in [1.54, 1.807) is 0 Å². The van der Waals surface area contributed by atoms with E-state index in [9.17, 15) is 22.8 Å². The van der Waals surface area contributed by atoms with Crippen LogP contribution in [0.2, 0.25) is 5.02 Å². The number of benzene rings is 1. The quantitative estimate of drug-likeness (QED) is 0.504. The van der Waals surface area contributed by atoms with Gasteiger partial charge in [-0.3, -0.25) is 9.69 Å². The summed E-state index contributed by atoms with van der Waals surface area (Å²) in [6.07, 6.45) is 0.127. The minimum absolute atomic E-state index is 0.0171. The number of amides is 3. The van der Waals surface area contributed by atoms with E-state index in [4.69, 9.17) is 16.3 Å². The van der Waals surface area contributed by atoms with E-state index in [1.165, 1.54) is 25.1 Å². The Morgan fingerprint density at radius 3 is 2.78 bits per heavy atom. The fraction of sp³-hybridized carbons (Fsp3) is 0.312. The lowest BCUT2D eigenvalue weighted by Crippen LogP contribution is -2.41. The van der Waals surface area contributed by atoms with Crippen LogP contribution >= 0.6 is 11.6 Å². The van der Waals surface area contributed by atoms with Gasteiger partial charge in [0.05, 0.1) is 10.6 Å². The summed E-state index contributed by atoms with van der Waals surface area (Å²) in [6.45, 7) is 5.22. The highest BCUT2D eigenvalue weighted by Crippen LogP contribution is 2.23. The molecule has 0 bridgehead atoms. The first-order valence-corrected chi connectivity index (χ1v) is 9.73. The van der Waals surface area contributed by atoms with Crippen molar-refractivity contribution in [2.75, 3.05) is 19.6 Å². The summed E-state index contributed by atoms with van der Waals surface area (Å²) < 4.78 is 31.8. The Hall–Kier alpha value is -2.43. The van der Waals surface area contributed by atoms with Crippen molar-refractivity contribution in [1.29, 1.82) is 0 Å². The Morgan fingerprint density at radius 1 is 1.48 bits per heavy atom. The summed E-state index contributed by atoms with van der Waals surface area (Å²) in [5.74, 6) is -1.60. The molecule has 0 saturated carbocycles. The number of ether oxygens (including phenoxy) is 1. The molecule has 146 valence electrons. The van der Waals surface area contributed by atoms with E-state index in [0.29, 0.717) is 6.54 Å². The molecule has 2 N–H and O–H groups in total. The van der Waals surface area contributed by atoms with Crippen LogP contribution in [0.3, 0.4) is 0 Å². The van der Waals surface area contributed by atoms with Crippen LogP contribution in [0.5, 0.6) is 0 Å². The predicted octanol–water partition coefficient (Wildman–Crippen LogP) is 0.901. The summed E-state index contributed by atoms with van der Waals surface area (Å²) in [5, 5.41) is 2.39. The van der Waals surface area contributed by atoms with Crippen LogP contribution in [0.4, 0.5) is 4.79 Å². The number of nitrogens with zero attached hydrogens (tertiary/aromatic N) is 1. The maximum absolute atomic E-state index is 12.3. The highest BCUT2D eigenvalue weighted by molar-refractivity contribution is 7.89. The van der Waals surface area contributed by atoms with Crippen molar-refractivity contribution in [2.45, 2.75) is 17.9 Å². The maximum atomic E-state index is 12.3. The van der Waals surface area contributed by atoms with Gasteiger partial charge in [-0.2, -0.15) is 0 Å². The first-order chi connectivity index (χ1) is 12.7. The zero-order valence-electron chi connectivity index (χ0n) is 14.4. The summed E-state index contributed by atoms with van der Waals surface area (Å²) in [4.78, 5) is 36.6. The van der Waals surface area contributed by atoms with E-state index in [-0.39, 0.29) is 28.6 Å².